The normalized spacial score (nSPS) is 12.5. The van der Waals surface area contributed by atoms with Crippen LogP contribution < -0.4 is 17.1 Å². The van der Waals surface area contributed by atoms with Crippen molar-refractivity contribution in [2.24, 2.45) is 5.92 Å². The number of carbonyl (C=O) groups is 1. The van der Waals surface area contributed by atoms with Crippen LogP contribution >= 0.6 is 0 Å². The lowest BCUT2D eigenvalue weighted by atomic mass is 10.0. The first-order valence-corrected chi connectivity index (χ1v) is 4.91. The van der Waals surface area contributed by atoms with Crippen molar-refractivity contribution in [1.82, 2.24) is 14.5 Å². The zero-order chi connectivity index (χ0) is 13.2. The molecule has 0 fully saturated rings. The average Bonchev–Trinajstić information content (AvgIpc) is 2.21. The number of nitrogens with zero attached hydrogens (tertiary/aromatic N) is 1. The number of H-pyrrole nitrogens is 2. The van der Waals surface area contributed by atoms with Crippen molar-refractivity contribution in [3.05, 3.63) is 31.5 Å². The molecule has 94 valence electrons. The quantitative estimate of drug-likeness (QED) is 0.633. The van der Waals surface area contributed by atoms with Crippen LogP contribution in [-0.4, -0.2) is 27.6 Å². The van der Waals surface area contributed by atoms with Crippen molar-refractivity contribution in [3.63, 3.8) is 0 Å². The van der Waals surface area contributed by atoms with Gasteiger partial charge in [0.25, 0.3) is 0 Å². The molecule has 1 aromatic heterocycles. The highest BCUT2D eigenvalue weighted by Crippen LogP contribution is 2.14. The highest BCUT2D eigenvalue weighted by atomic mass is 16.5. The number of carbonyl (C=O) groups excluding carboxylic acids is 1. The topological polar surface area (TPSA) is 114 Å². The standard InChI is InChI=1S/C9H13N3O5/c1-4(2)5(6(13)17-3)12-8(15)10-7(14)11-9(12)16/h4-5H,1-3H3,(H2,10,11,14,15,16)/t5-/m0/s1. The molecule has 0 bridgehead atoms. The third kappa shape index (κ3) is 2.52. The molecule has 0 amide bonds. The Hall–Kier alpha value is -2.12. The Morgan fingerprint density at radius 3 is 2.00 bits per heavy atom. The zero-order valence-corrected chi connectivity index (χ0v) is 9.64. The van der Waals surface area contributed by atoms with Crippen LogP contribution in [-0.2, 0) is 9.53 Å². The van der Waals surface area contributed by atoms with Gasteiger partial charge in [-0.3, -0.25) is 9.97 Å². The second-order valence-corrected chi connectivity index (χ2v) is 3.77. The molecule has 0 spiro atoms. The van der Waals surface area contributed by atoms with E-state index in [-0.39, 0.29) is 5.92 Å². The fourth-order valence-electron chi connectivity index (χ4n) is 1.49. The predicted molar refractivity (Wildman–Crippen MR) is 57.8 cm³/mol. The Bertz CT molecular complexity index is 545. The van der Waals surface area contributed by atoms with Crippen LogP contribution in [0.15, 0.2) is 14.4 Å². The van der Waals surface area contributed by atoms with Gasteiger partial charge in [-0.2, -0.15) is 0 Å². The summed E-state index contributed by atoms with van der Waals surface area (Å²) in [6.07, 6.45) is 0. The molecule has 0 unspecified atom stereocenters. The first-order valence-electron chi connectivity index (χ1n) is 4.91. The van der Waals surface area contributed by atoms with Crippen LogP contribution in [0.25, 0.3) is 0 Å². The summed E-state index contributed by atoms with van der Waals surface area (Å²) in [5, 5.41) is 0. The summed E-state index contributed by atoms with van der Waals surface area (Å²) < 4.78 is 5.16. The number of aromatic amines is 2. The van der Waals surface area contributed by atoms with E-state index in [2.05, 4.69) is 4.74 Å². The van der Waals surface area contributed by atoms with Crippen molar-refractivity contribution in [2.45, 2.75) is 19.9 Å². The van der Waals surface area contributed by atoms with Crippen LogP contribution in [0.3, 0.4) is 0 Å². The summed E-state index contributed by atoms with van der Waals surface area (Å²) in [6, 6.07) is -1.08. The maximum atomic E-state index is 11.5. The smallest absolute Gasteiger partial charge is 0.334 e. The maximum Gasteiger partial charge on any atom is 0.334 e. The van der Waals surface area contributed by atoms with Crippen molar-refractivity contribution >= 4 is 5.97 Å². The summed E-state index contributed by atoms with van der Waals surface area (Å²) in [7, 11) is 1.16. The van der Waals surface area contributed by atoms with Crippen LogP contribution in [0.1, 0.15) is 19.9 Å². The lowest BCUT2D eigenvalue weighted by Gasteiger charge is -2.18. The Morgan fingerprint density at radius 1 is 1.18 bits per heavy atom. The van der Waals surface area contributed by atoms with E-state index in [0.717, 1.165) is 7.11 Å². The Kier molecular flexibility index (Phi) is 3.66. The SMILES string of the molecule is COC(=O)[C@H](C(C)C)n1c(=O)[nH]c(=O)[nH]c1=O. The highest BCUT2D eigenvalue weighted by molar-refractivity contribution is 5.74. The molecular formula is C9H13N3O5. The summed E-state index contributed by atoms with van der Waals surface area (Å²) >= 11 is 0. The van der Waals surface area contributed by atoms with E-state index in [4.69, 9.17) is 0 Å². The van der Waals surface area contributed by atoms with E-state index >= 15 is 0 Å². The van der Waals surface area contributed by atoms with E-state index in [1.165, 1.54) is 0 Å². The maximum absolute atomic E-state index is 11.5. The van der Waals surface area contributed by atoms with Gasteiger partial charge < -0.3 is 4.74 Å². The number of methoxy groups -OCH3 is 1. The number of rotatable bonds is 3. The number of ether oxygens (including phenoxy) is 1. The fraction of sp³-hybridized carbons (Fsp3) is 0.556. The van der Waals surface area contributed by atoms with Gasteiger partial charge in [0.1, 0.15) is 6.04 Å². The number of aromatic nitrogens is 3. The summed E-state index contributed by atoms with van der Waals surface area (Å²) in [6.45, 7) is 3.30. The molecule has 2 N–H and O–H groups in total. The zero-order valence-electron chi connectivity index (χ0n) is 9.64. The van der Waals surface area contributed by atoms with E-state index in [9.17, 15) is 19.2 Å². The average molecular weight is 243 g/mol. The van der Waals surface area contributed by atoms with Gasteiger partial charge in [0.05, 0.1) is 7.11 Å². The second kappa shape index (κ2) is 4.81. The minimum absolute atomic E-state index is 0.341. The Labute approximate surface area is 95.2 Å². The van der Waals surface area contributed by atoms with Gasteiger partial charge in [-0.25, -0.2) is 23.7 Å². The van der Waals surface area contributed by atoms with E-state index < -0.39 is 29.1 Å². The van der Waals surface area contributed by atoms with Gasteiger partial charge in [0.2, 0.25) is 0 Å². The molecule has 0 saturated heterocycles. The number of hydrogen-bond donors (Lipinski definition) is 2. The lowest BCUT2D eigenvalue weighted by Crippen LogP contribution is -2.48. The van der Waals surface area contributed by atoms with E-state index in [1.54, 1.807) is 13.8 Å². The Balaban J connectivity index is 3.50. The molecule has 0 saturated carbocycles. The minimum Gasteiger partial charge on any atom is -0.467 e. The molecule has 0 aliphatic rings. The molecule has 0 aliphatic carbocycles. The fourth-order valence-corrected chi connectivity index (χ4v) is 1.49. The summed E-state index contributed by atoms with van der Waals surface area (Å²) in [4.78, 5) is 49.1. The van der Waals surface area contributed by atoms with Crippen molar-refractivity contribution in [1.29, 1.82) is 0 Å². The van der Waals surface area contributed by atoms with Crippen molar-refractivity contribution < 1.29 is 9.53 Å². The monoisotopic (exact) mass is 243 g/mol. The Morgan fingerprint density at radius 2 is 1.65 bits per heavy atom. The summed E-state index contributed by atoms with van der Waals surface area (Å²) in [5.74, 6) is -1.06. The van der Waals surface area contributed by atoms with Gasteiger partial charge in [0, 0.05) is 0 Å². The minimum atomic E-state index is -1.08. The van der Waals surface area contributed by atoms with Gasteiger partial charge in [-0.1, -0.05) is 13.8 Å². The van der Waals surface area contributed by atoms with Gasteiger partial charge in [-0.15, -0.1) is 0 Å². The van der Waals surface area contributed by atoms with Crippen LogP contribution in [0.5, 0.6) is 0 Å². The highest BCUT2D eigenvalue weighted by Gasteiger charge is 2.28. The molecule has 0 aliphatic heterocycles. The molecule has 0 aromatic carbocycles. The van der Waals surface area contributed by atoms with Gasteiger partial charge in [-0.05, 0) is 5.92 Å². The third-order valence-corrected chi connectivity index (χ3v) is 2.23. The predicted octanol–water partition coefficient (Wildman–Crippen LogP) is -1.40. The van der Waals surface area contributed by atoms with Crippen LogP contribution in [0.4, 0.5) is 0 Å². The number of esters is 1. The van der Waals surface area contributed by atoms with Gasteiger partial charge >= 0.3 is 23.0 Å². The first-order chi connectivity index (χ1) is 7.88. The lowest BCUT2D eigenvalue weighted by molar-refractivity contribution is -0.146. The second-order valence-electron chi connectivity index (χ2n) is 3.77. The summed E-state index contributed by atoms with van der Waals surface area (Å²) in [5.41, 5.74) is -2.80. The molecule has 1 heterocycles. The number of hydrogen-bond acceptors (Lipinski definition) is 5. The molecule has 0 radical (unpaired) electrons. The molecule has 8 nitrogen and oxygen atoms in total. The molecule has 1 atom stereocenters. The van der Waals surface area contributed by atoms with E-state index in [0.29, 0.717) is 4.57 Å². The first kappa shape index (κ1) is 12.9. The van der Waals surface area contributed by atoms with Crippen molar-refractivity contribution in [3.8, 4) is 0 Å². The van der Waals surface area contributed by atoms with Crippen molar-refractivity contribution in [2.75, 3.05) is 7.11 Å². The van der Waals surface area contributed by atoms with Gasteiger partial charge in [0.15, 0.2) is 0 Å². The van der Waals surface area contributed by atoms with Crippen LogP contribution in [0, 0.1) is 5.92 Å². The molecule has 1 aromatic rings. The largest absolute Gasteiger partial charge is 0.467 e. The molecule has 8 heteroatoms. The molecular weight excluding hydrogens is 230 g/mol. The van der Waals surface area contributed by atoms with Crippen LogP contribution in [0.2, 0.25) is 0 Å². The van der Waals surface area contributed by atoms with E-state index in [1.807, 2.05) is 9.97 Å². The molecule has 17 heavy (non-hydrogen) atoms. The third-order valence-electron chi connectivity index (χ3n) is 2.23. The number of nitrogens with one attached hydrogen (secondary N) is 2. The molecule has 1 rings (SSSR count).